The van der Waals surface area contributed by atoms with E-state index in [9.17, 15) is 4.79 Å². The molecular weight excluding hydrogens is 175 g/mol. The Morgan fingerprint density at radius 1 is 1.75 bits per heavy atom. The molecule has 0 aromatic heterocycles. The Kier molecular flexibility index (Phi) is 2.01. The zero-order valence-corrected chi connectivity index (χ0v) is 7.93. The normalized spacial score (nSPS) is 28.4. The van der Waals surface area contributed by atoms with Crippen molar-refractivity contribution < 1.29 is 14.2 Å². The Morgan fingerprint density at radius 3 is 3.33 bits per heavy atom. The van der Waals surface area contributed by atoms with Crippen molar-refractivity contribution in [3.8, 4) is 0 Å². The van der Waals surface area contributed by atoms with E-state index in [-0.39, 0.29) is 6.03 Å². The molecule has 0 aromatic rings. The fourth-order valence-electron chi connectivity index (χ4n) is 1.78. The fraction of sp³-hybridized carbons (Fsp3) is 0.714. The molecule has 0 saturated carbocycles. The van der Waals surface area contributed by atoms with Crippen LogP contribution in [0.15, 0.2) is 0 Å². The molecule has 2 unspecified atom stereocenters. The lowest BCUT2D eigenvalue weighted by Gasteiger charge is -2.28. The van der Waals surface area contributed by atoms with E-state index in [1.165, 1.54) is 4.74 Å². The summed E-state index contributed by atoms with van der Waals surface area (Å²) in [5.41, 5.74) is 0. The SMILES string of the molecule is O=C1N2CCCC(C=[N+]1OP)C2. The molecular formula is C7H12N2O2P+. The van der Waals surface area contributed by atoms with E-state index in [1.807, 2.05) is 11.1 Å². The summed E-state index contributed by atoms with van der Waals surface area (Å²) in [4.78, 5) is 13.3. The van der Waals surface area contributed by atoms with Crippen LogP contribution in [0.4, 0.5) is 4.79 Å². The molecule has 5 heteroatoms. The van der Waals surface area contributed by atoms with E-state index in [2.05, 4.69) is 9.47 Å². The smallest absolute Gasteiger partial charge is 0.322 e. The zero-order chi connectivity index (χ0) is 8.55. The number of hydrogen-bond donors (Lipinski definition) is 0. The lowest BCUT2D eigenvalue weighted by Crippen LogP contribution is -2.49. The van der Waals surface area contributed by atoms with Crippen LogP contribution < -0.4 is 0 Å². The van der Waals surface area contributed by atoms with E-state index in [0.717, 1.165) is 25.9 Å². The molecule has 1 saturated heterocycles. The highest BCUT2D eigenvalue weighted by atomic mass is 31.0. The molecule has 4 nitrogen and oxygen atoms in total. The molecule has 0 radical (unpaired) electrons. The molecule has 2 aliphatic rings. The van der Waals surface area contributed by atoms with Gasteiger partial charge in [0.1, 0.15) is 15.7 Å². The number of rotatable bonds is 1. The summed E-state index contributed by atoms with van der Waals surface area (Å²) in [6.07, 6.45) is 4.14. The van der Waals surface area contributed by atoms with Crippen LogP contribution >= 0.6 is 9.47 Å². The molecule has 2 rings (SSSR count). The van der Waals surface area contributed by atoms with Gasteiger partial charge in [-0.3, -0.25) is 0 Å². The van der Waals surface area contributed by atoms with Crippen molar-refractivity contribution in [2.45, 2.75) is 12.8 Å². The summed E-state index contributed by atoms with van der Waals surface area (Å²) in [6, 6.07) is -0.0408. The van der Waals surface area contributed by atoms with E-state index in [0.29, 0.717) is 5.92 Å². The van der Waals surface area contributed by atoms with Gasteiger partial charge >= 0.3 is 6.03 Å². The average Bonchev–Trinajstić information content (AvgIpc) is 2.12. The van der Waals surface area contributed by atoms with Gasteiger partial charge < -0.3 is 4.62 Å². The Balaban J connectivity index is 2.25. The molecule has 0 N–H and O–H groups in total. The largest absolute Gasteiger partial charge is 0.532 e. The Bertz CT molecular complexity index is 242. The third-order valence-corrected chi connectivity index (χ3v) is 2.60. The summed E-state index contributed by atoms with van der Waals surface area (Å²) in [7, 11) is 2.09. The van der Waals surface area contributed by atoms with E-state index >= 15 is 0 Å². The highest BCUT2D eigenvalue weighted by Gasteiger charge is 2.38. The van der Waals surface area contributed by atoms with Crippen LogP contribution in [0, 0.1) is 5.92 Å². The topological polar surface area (TPSA) is 32.5 Å². The maximum Gasteiger partial charge on any atom is 0.532 e. The Labute approximate surface area is 73.4 Å². The first-order valence-electron chi connectivity index (χ1n) is 4.11. The summed E-state index contributed by atoms with van der Waals surface area (Å²) >= 11 is 0. The van der Waals surface area contributed by atoms with Gasteiger partial charge in [-0.05, 0) is 17.6 Å². The van der Waals surface area contributed by atoms with Crippen molar-refractivity contribution in [3.63, 3.8) is 0 Å². The number of fused-ring (bicyclic) bond motifs is 2. The lowest BCUT2D eigenvalue weighted by atomic mass is 9.98. The molecule has 2 aliphatic heterocycles. The van der Waals surface area contributed by atoms with Gasteiger partial charge in [0, 0.05) is 0 Å². The van der Waals surface area contributed by atoms with Crippen LogP contribution in [0.3, 0.4) is 0 Å². The average molecular weight is 187 g/mol. The van der Waals surface area contributed by atoms with Gasteiger partial charge in [-0.2, -0.15) is 4.79 Å². The van der Waals surface area contributed by atoms with Gasteiger partial charge in [0.05, 0.1) is 19.0 Å². The molecule has 2 atom stereocenters. The number of piperidine rings is 1. The quantitative estimate of drug-likeness (QED) is 0.445. The van der Waals surface area contributed by atoms with Crippen molar-refractivity contribution >= 4 is 21.7 Å². The van der Waals surface area contributed by atoms with Crippen molar-refractivity contribution in [2.75, 3.05) is 13.1 Å². The second-order valence-electron chi connectivity index (χ2n) is 3.21. The van der Waals surface area contributed by atoms with Crippen molar-refractivity contribution in [3.05, 3.63) is 0 Å². The molecule has 2 heterocycles. The van der Waals surface area contributed by atoms with Crippen molar-refractivity contribution in [1.82, 2.24) is 4.90 Å². The highest BCUT2D eigenvalue weighted by molar-refractivity contribution is 7.09. The molecule has 0 spiro atoms. The summed E-state index contributed by atoms with van der Waals surface area (Å²) in [5.74, 6) is 0.483. The zero-order valence-electron chi connectivity index (χ0n) is 6.77. The molecule has 2 bridgehead atoms. The van der Waals surface area contributed by atoms with E-state index < -0.39 is 0 Å². The Hall–Kier alpha value is -0.630. The predicted molar refractivity (Wildman–Crippen MR) is 46.8 cm³/mol. The van der Waals surface area contributed by atoms with E-state index in [4.69, 9.17) is 4.62 Å². The van der Waals surface area contributed by atoms with Gasteiger partial charge in [0.2, 0.25) is 0 Å². The van der Waals surface area contributed by atoms with Crippen molar-refractivity contribution in [2.24, 2.45) is 5.92 Å². The number of carbonyl (C=O) groups excluding carboxylic acids is 1. The molecule has 0 aliphatic carbocycles. The standard InChI is InChI=1S/C7H12N2O2P/c10-7-8-3-1-2-6(4-8)5-9(7)11-12/h5-6H,1-4,12H2/q+1. The number of nitrogens with zero attached hydrogens (tertiary/aromatic N) is 2. The minimum atomic E-state index is -0.0408. The molecule has 1 fully saturated rings. The molecule has 12 heavy (non-hydrogen) atoms. The highest BCUT2D eigenvalue weighted by Crippen LogP contribution is 2.19. The number of hydroxylamine groups is 1. The maximum absolute atomic E-state index is 11.4. The fourth-order valence-corrected chi connectivity index (χ4v) is 1.94. The number of carbonyl (C=O) groups is 1. The van der Waals surface area contributed by atoms with Crippen LogP contribution in [0.25, 0.3) is 0 Å². The van der Waals surface area contributed by atoms with Crippen LogP contribution in [0.2, 0.25) is 0 Å². The van der Waals surface area contributed by atoms with Gasteiger partial charge in [0.15, 0.2) is 0 Å². The minimum Gasteiger partial charge on any atom is -0.322 e. The molecule has 0 aromatic carbocycles. The Morgan fingerprint density at radius 2 is 2.58 bits per heavy atom. The number of urea groups is 1. The van der Waals surface area contributed by atoms with Crippen LogP contribution in [0.1, 0.15) is 12.8 Å². The third-order valence-electron chi connectivity index (χ3n) is 2.38. The first-order valence-corrected chi connectivity index (χ1v) is 4.58. The molecule has 66 valence electrons. The first kappa shape index (κ1) is 7.99. The van der Waals surface area contributed by atoms with Gasteiger partial charge in [0.25, 0.3) is 0 Å². The van der Waals surface area contributed by atoms with Crippen molar-refractivity contribution in [1.29, 1.82) is 0 Å². The van der Waals surface area contributed by atoms with Crippen LogP contribution in [-0.2, 0) is 4.62 Å². The van der Waals surface area contributed by atoms with E-state index in [1.54, 1.807) is 0 Å². The second-order valence-corrected chi connectivity index (χ2v) is 3.42. The lowest BCUT2D eigenvalue weighted by molar-refractivity contribution is -0.669. The predicted octanol–water partition coefficient (Wildman–Crippen LogP) is 0.637. The first-order chi connectivity index (χ1) is 5.81. The molecule has 2 amide bonds. The monoisotopic (exact) mass is 187 g/mol. The van der Waals surface area contributed by atoms with Gasteiger partial charge in [-0.1, -0.05) is 0 Å². The number of hydrogen-bond acceptors (Lipinski definition) is 2. The van der Waals surface area contributed by atoms with Gasteiger partial charge in [-0.15, -0.1) is 0 Å². The van der Waals surface area contributed by atoms with Crippen LogP contribution in [-0.4, -0.2) is 35.0 Å². The van der Waals surface area contributed by atoms with Crippen LogP contribution in [0.5, 0.6) is 0 Å². The summed E-state index contributed by atoms with van der Waals surface area (Å²) in [5, 5.41) is 0. The van der Waals surface area contributed by atoms with Gasteiger partial charge in [-0.25, -0.2) is 4.90 Å². The number of amides is 2. The third kappa shape index (κ3) is 1.20. The maximum atomic E-state index is 11.4. The summed E-state index contributed by atoms with van der Waals surface area (Å²) < 4.78 is 6.15. The summed E-state index contributed by atoms with van der Waals surface area (Å²) in [6.45, 7) is 1.73. The minimum absolute atomic E-state index is 0.0408. The second kappa shape index (κ2) is 3.02.